The van der Waals surface area contributed by atoms with E-state index in [1.807, 2.05) is 13.8 Å². The largest absolute Gasteiger partial charge is 0.461 e. The molecule has 0 saturated carbocycles. The zero-order chi connectivity index (χ0) is 16.3. The molecule has 2 heterocycles. The normalized spacial score (nSPS) is 9.05. The first kappa shape index (κ1) is 19.4. The molecule has 9 heteroatoms. The van der Waals surface area contributed by atoms with E-state index >= 15 is 0 Å². The molecule has 1 N–H and O–H groups in total. The molecule has 0 aliphatic heterocycles. The average Bonchev–Trinajstić information content (AvgIpc) is 3.10. The van der Waals surface area contributed by atoms with Gasteiger partial charge in [0, 0.05) is 0 Å². The van der Waals surface area contributed by atoms with Crippen LogP contribution in [0, 0.1) is 0 Å². The van der Waals surface area contributed by atoms with Crippen molar-refractivity contribution in [3.05, 3.63) is 34.6 Å². The molecular formula is C12H16Cl2N2O5. The molecule has 2 aromatic heterocycles. The minimum Gasteiger partial charge on any atom is -0.461 e. The molecule has 0 bridgehead atoms. The summed E-state index contributed by atoms with van der Waals surface area (Å²) in [6.07, 6.45) is 2.46. The van der Waals surface area contributed by atoms with Crippen molar-refractivity contribution in [2.75, 3.05) is 6.61 Å². The Morgan fingerprint density at radius 3 is 2.14 bits per heavy atom. The molecule has 0 saturated heterocycles. The quantitative estimate of drug-likeness (QED) is 0.856. The van der Waals surface area contributed by atoms with E-state index in [4.69, 9.17) is 28.3 Å². The number of oxazole rings is 2. The van der Waals surface area contributed by atoms with Crippen molar-refractivity contribution in [3.63, 3.8) is 0 Å². The second-order valence-corrected chi connectivity index (χ2v) is 3.60. The number of halogens is 2. The van der Waals surface area contributed by atoms with Gasteiger partial charge in [-0.05, 0) is 30.1 Å². The van der Waals surface area contributed by atoms with Crippen molar-refractivity contribution < 1.29 is 23.5 Å². The average molecular weight is 339 g/mol. The Labute approximate surface area is 131 Å². The van der Waals surface area contributed by atoms with Crippen molar-refractivity contribution in [1.29, 1.82) is 0 Å². The third-order valence-corrected chi connectivity index (χ3v) is 1.99. The van der Waals surface area contributed by atoms with Crippen LogP contribution in [0.2, 0.25) is 10.7 Å². The van der Waals surface area contributed by atoms with Gasteiger partial charge >= 0.3 is 5.97 Å². The standard InChI is InChI=1S/C6H6ClNO3.C4H4ClNO2.C2H6/c1-2-10-5(9)4-3-11-6(7)8-4;5-4-6-3(1-7)2-8-4;1-2/h3H,2H2,1H3;2,7H,1H2;1-2H3. The van der Waals surface area contributed by atoms with E-state index in [9.17, 15) is 4.79 Å². The van der Waals surface area contributed by atoms with E-state index in [2.05, 4.69) is 23.5 Å². The van der Waals surface area contributed by atoms with Crippen LogP contribution in [-0.4, -0.2) is 27.7 Å². The highest BCUT2D eigenvalue weighted by atomic mass is 35.5. The first-order valence-electron chi connectivity index (χ1n) is 6.05. The number of hydrogen-bond acceptors (Lipinski definition) is 7. The number of carbonyl (C=O) groups excluding carboxylic acids is 1. The molecule has 0 radical (unpaired) electrons. The van der Waals surface area contributed by atoms with Crippen molar-refractivity contribution in [2.45, 2.75) is 27.4 Å². The fourth-order valence-corrected chi connectivity index (χ4v) is 1.19. The maximum Gasteiger partial charge on any atom is 0.360 e. The molecule has 2 rings (SSSR count). The fraction of sp³-hybridized carbons (Fsp3) is 0.417. The molecule has 0 aliphatic rings. The third-order valence-electron chi connectivity index (χ3n) is 1.65. The van der Waals surface area contributed by atoms with Crippen molar-refractivity contribution >= 4 is 29.2 Å². The number of carbonyl (C=O) groups is 1. The summed E-state index contributed by atoms with van der Waals surface area (Å²) in [5.41, 5.74) is 0.548. The lowest BCUT2D eigenvalue weighted by atomic mass is 10.5. The van der Waals surface area contributed by atoms with Gasteiger partial charge in [-0.15, -0.1) is 0 Å². The Balaban J connectivity index is 0.000000354. The van der Waals surface area contributed by atoms with Crippen LogP contribution in [0.25, 0.3) is 0 Å². The number of aliphatic hydroxyl groups is 1. The van der Waals surface area contributed by atoms with E-state index in [-0.39, 0.29) is 23.0 Å². The number of nitrogens with zero attached hydrogens (tertiary/aromatic N) is 2. The van der Waals surface area contributed by atoms with Crippen LogP contribution in [0.3, 0.4) is 0 Å². The van der Waals surface area contributed by atoms with Crippen LogP contribution in [-0.2, 0) is 11.3 Å². The molecule has 118 valence electrons. The topological polar surface area (TPSA) is 98.6 Å². The lowest BCUT2D eigenvalue weighted by molar-refractivity contribution is 0.0519. The molecule has 0 amide bonds. The Morgan fingerprint density at radius 2 is 1.81 bits per heavy atom. The molecule has 2 aromatic rings. The van der Waals surface area contributed by atoms with E-state index in [1.54, 1.807) is 6.92 Å². The smallest absolute Gasteiger partial charge is 0.360 e. The maximum absolute atomic E-state index is 10.9. The van der Waals surface area contributed by atoms with E-state index in [1.165, 1.54) is 6.26 Å². The van der Waals surface area contributed by atoms with Gasteiger partial charge in [-0.1, -0.05) is 13.8 Å². The SMILES string of the molecule is CC.CCOC(=O)c1coc(Cl)n1.OCc1coc(Cl)n1. The first-order valence-corrected chi connectivity index (χ1v) is 6.81. The first-order chi connectivity index (χ1) is 10.1. The Hall–Kier alpha value is -1.57. The Morgan fingerprint density at radius 1 is 1.24 bits per heavy atom. The zero-order valence-electron chi connectivity index (χ0n) is 11.8. The predicted molar refractivity (Wildman–Crippen MR) is 76.3 cm³/mol. The van der Waals surface area contributed by atoms with Gasteiger partial charge in [0.05, 0.1) is 13.2 Å². The van der Waals surface area contributed by atoms with Gasteiger partial charge in [0.2, 0.25) is 0 Å². The molecule has 0 unspecified atom stereocenters. The summed E-state index contributed by atoms with van der Waals surface area (Å²) in [6.45, 7) is 5.89. The molecule has 0 aromatic carbocycles. The highest BCUT2D eigenvalue weighted by Gasteiger charge is 2.11. The van der Waals surface area contributed by atoms with E-state index < -0.39 is 5.97 Å². The summed E-state index contributed by atoms with van der Waals surface area (Å²) in [4.78, 5) is 18.0. The van der Waals surface area contributed by atoms with E-state index in [0.29, 0.717) is 12.3 Å². The summed E-state index contributed by atoms with van der Waals surface area (Å²) in [6, 6.07) is 0. The molecule has 0 fully saturated rings. The van der Waals surface area contributed by atoms with Crippen molar-refractivity contribution in [3.8, 4) is 0 Å². The summed E-state index contributed by atoms with van der Waals surface area (Å²) in [7, 11) is 0. The number of rotatable bonds is 3. The summed E-state index contributed by atoms with van der Waals surface area (Å²) in [5.74, 6) is -0.525. The number of aliphatic hydroxyl groups excluding tert-OH is 1. The predicted octanol–water partition coefficient (Wildman–Crippen LogP) is 3.35. The van der Waals surface area contributed by atoms with Gasteiger partial charge in [-0.2, -0.15) is 4.98 Å². The van der Waals surface area contributed by atoms with Crippen LogP contribution in [0.15, 0.2) is 21.4 Å². The lowest BCUT2D eigenvalue weighted by Crippen LogP contribution is -2.04. The molecule has 21 heavy (non-hydrogen) atoms. The van der Waals surface area contributed by atoms with Gasteiger partial charge in [-0.3, -0.25) is 0 Å². The highest BCUT2D eigenvalue weighted by molar-refractivity contribution is 6.28. The zero-order valence-corrected chi connectivity index (χ0v) is 13.3. The maximum atomic E-state index is 10.9. The minimum absolute atomic E-state index is 0.0620. The van der Waals surface area contributed by atoms with Crippen LogP contribution >= 0.6 is 23.2 Å². The second-order valence-electron chi connectivity index (χ2n) is 2.96. The number of esters is 1. The van der Waals surface area contributed by atoms with E-state index in [0.717, 1.165) is 6.26 Å². The highest BCUT2D eigenvalue weighted by Crippen LogP contribution is 2.08. The van der Waals surface area contributed by atoms with Gasteiger partial charge in [0.1, 0.15) is 18.2 Å². The van der Waals surface area contributed by atoms with Crippen molar-refractivity contribution in [1.82, 2.24) is 9.97 Å². The monoisotopic (exact) mass is 338 g/mol. The van der Waals surface area contributed by atoms with Gasteiger partial charge < -0.3 is 18.7 Å². The van der Waals surface area contributed by atoms with Gasteiger partial charge in [-0.25, -0.2) is 9.78 Å². The van der Waals surface area contributed by atoms with Crippen LogP contribution in [0.5, 0.6) is 0 Å². The second kappa shape index (κ2) is 11.1. The molecule has 7 nitrogen and oxygen atoms in total. The fourth-order valence-electron chi connectivity index (χ4n) is 0.906. The number of aromatic nitrogens is 2. The number of ether oxygens (including phenoxy) is 1. The minimum atomic E-state index is -0.525. The van der Waals surface area contributed by atoms with Gasteiger partial charge in [0.15, 0.2) is 5.69 Å². The lowest BCUT2D eigenvalue weighted by Gasteiger charge is -1.94. The summed E-state index contributed by atoms with van der Waals surface area (Å²) in [5, 5.41) is 8.37. The van der Waals surface area contributed by atoms with Crippen LogP contribution in [0.4, 0.5) is 0 Å². The Kier molecular flexibility index (Phi) is 10.3. The molecular weight excluding hydrogens is 323 g/mol. The molecule has 0 aliphatic carbocycles. The summed E-state index contributed by atoms with van der Waals surface area (Å²) >= 11 is 10.6. The summed E-state index contributed by atoms with van der Waals surface area (Å²) < 4.78 is 13.8. The molecule has 0 spiro atoms. The van der Waals surface area contributed by atoms with Crippen LogP contribution < -0.4 is 0 Å². The Bertz CT molecular complexity index is 527. The third kappa shape index (κ3) is 7.69. The molecule has 0 atom stereocenters. The van der Waals surface area contributed by atoms with Gasteiger partial charge in [0.25, 0.3) is 10.7 Å². The van der Waals surface area contributed by atoms with Crippen LogP contribution in [0.1, 0.15) is 37.0 Å². The number of hydrogen-bond donors (Lipinski definition) is 1. The van der Waals surface area contributed by atoms with Crippen molar-refractivity contribution in [2.24, 2.45) is 0 Å².